The summed E-state index contributed by atoms with van der Waals surface area (Å²) < 4.78 is 13.9. The number of halogens is 1. The highest BCUT2D eigenvalue weighted by molar-refractivity contribution is 5.56. The highest BCUT2D eigenvalue weighted by atomic mass is 19.1. The summed E-state index contributed by atoms with van der Waals surface area (Å²) in [6, 6.07) is 3.88. The van der Waals surface area contributed by atoms with Crippen LogP contribution >= 0.6 is 0 Å². The molecule has 0 aromatic heterocycles. The van der Waals surface area contributed by atoms with Gasteiger partial charge in [0.2, 0.25) is 0 Å². The van der Waals surface area contributed by atoms with Gasteiger partial charge in [-0.1, -0.05) is 13.3 Å². The molecule has 2 rings (SSSR count). The molecule has 20 heavy (non-hydrogen) atoms. The van der Waals surface area contributed by atoms with Crippen LogP contribution in [0.2, 0.25) is 0 Å². The second kappa shape index (κ2) is 6.57. The van der Waals surface area contributed by atoms with Gasteiger partial charge in [0.25, 0.3) is 0 Å². The largest absolute Gasteiger partial charge is 0.374 e. The van der Waals surface area contributed by atoms with Crippen LogP contribution in [0.5, 0.6) is 0 Å². The molecule has 0 saturated heterocycles. The average molecular weight is 278 g/mol. The van der Waals surface area contributed by atoms with E-state index in [4.69, 9.17) is 0 Å². The smallest absolute Gasteiger partial charge is 0.126 e. The van der Waals surface area contributed by atoms with Crippen LogP contribution in [-0.4, -0.2) is 20.1 Å². The zero-order valence-corrected chi connectivity index (χ0v) is 13.2. The Morgan fingerprint density at radius 2 is 2.10 bits per heavy atom. The van der Waals surface area contributed by atoms with Gasteiger partial charge in [0.1, 0.15) is 5.82 Å². The monoisotopic (exact) mass is 278 g/mol. The fraction of sp³-hybridized carbons (Fsp3) is 0.647. The Bertz CT molecular complexity index is 455. The van der Waals surface area contributed by atoms with Crippen molar-refractivity contribution in [2.75, 3.05) is 25.0 Å². The van der Waals surface area contributed by atoms with Crippen molar-refractivity contribution in [3.8, 4) is 0 Å². The third kappa shape index (κ3) is 3.32. The maximum atomic E-state index is 13.9. The highest BCUT2D eigenvalue weighted by Gasteiger charge is 2.22. The van der Waals surface area contributed by atoms with Gasteiger partial charge in [-0.3, -0.25) is 0 Å². The molecule has 1 saturated carbocycles. The number of benzene rings is 1. The van der Waals surface area contributed by atoms with Gasteiger partial charge in [-0.15, -0.1) is 0 Å². The maximum absolute atomic E-state index is 13.9. The van der Waals surface area contributed by atoms with Gasteiger partial charge in [0.15, 0.2) is 0 Å². The number of hydrogen-bond donors (Lipinski definition) is 1. The summed E-state index contributed by atoms with van der Waals surface area (Å²) in [6.07, 6.45) is 4.03. The van der Waals surface area contributed by atoms with Crippen molar-refractivity contribution < 1.29 is 4.39 Å². The van der Waals surface area contributed by atoms with Crippen molar-refractivity contribution in [3.05, 3.63) is 29.1 Å². The Labute approximate surface area is 122 Å². The summed E-state index contributed by atoms with van der Waals surface area (Å²) in [6.45, 7) is 8.00. The van der Waals surface area contributed by atoms with Crippen molar-refractivity contribution in [1.82, 2.24) is 5.32 Å². The maximum Gasteiger partial charge on any atom is 0.126 e. The standard InChI is InChI=1S/C17H27FN2/c1-5-19-13(3)15-10-16(18)12(2)9-17(15)20(4)11-14-7-6-8-14/h9-10,13-14,19H,5-8,11H2,1-4H3. The molecule has 0 bridgehead atoms. The van der Waals surface area contributed by atoms with E-state index >= 15 is 0 Å². The van der Waals surface area contributed by atoms with Crippen LogP contribution in [-0.2, 0) is 0 Å². The minimum atomic E-state index is -0.106. The van der Waals surface area contributed by atoms with Gasteiger partial charge in [-0.05, 0) is 62.4 Å². The summed E-state index contributed by atoms with van der Waals surface area (Å²) in [4.78, 5) is 2.31. The van der Waals surface area contributed by atoms with Crippen LogP contribution in [0, 0.1) is 18.7 Å². The molecule has 1 fully saturated rings. The lowest BCUT2D eigenvalue weighted by atomic mass is 9.85. The van der Waals surface area contributed by atoms with Crippen LogP contribution in [0.25, 0.3) is 0 Å². The second-order valence-corrected chi connectivity index (χ2v) is 6.12. The zero-order chi connectivity index (χ0) is 14.7. The van der Waals surface area contributed by atoms with Crippen molar-refractivity contribution in [2.24, 2.45) is 5.92 Å². The molecule has 1 aliphatic carbocycles. The first-order valence-electron chi connectivity index (χ1n) is 7.77. The average Bonchev–Trinajstić information content (AvgIpc) is 2.36. The highest BCUT2D eigenvalue weighted by Crippen LogP contribution is 2.32. The number of hydrogen-bond acceptors (Lipinski definition) is 2. The Balaban J connectivity index is 2.25. The van der Waals surface area contributed by atoms with Gasteiger partial charge in [-0.2, -0.15) is 0 Å². The van der Waals surface area contributed by atoms with Crippen LogP contribution in [0.15, 0.2) is 12.1 Å². The molecular weight excluding hydrogens is 251 g/mol. The second-order valence-electron chi connectivity index (χ2n) is 6.12. The lowest BCUT2D eigenvalue weighted by molar-refractivity contribution is 0.321. The molecule has 0 spiro atoms. The third-order valence-corrected chi connectivity index (χ3v) is 4.45. The fourth-order valence-electron chi connectivity index (χ4n) is 2.94. The summed E-state index contributed by atoms with van der Waals surface area (Å²) in [5.41, 5.74) is 2.97. The molecule has 3 heteroatoms. The van der Waals surface area contributed by atoms with Crippen molar-refractivity contribution in [2.45, 2.75) is 46.1 Å². The van der Waals surface area contributed by atoms with E-state index in [0.29, 0.717) is 0 Å². The number of nitrogens with zero attached hydrogens (tertiary/aromatic N) is 1. The molecule has 112 valence electrons. The molecule has 1 unspecified atom stereocenters. The van der Waals surface area contributed by atoms with Crippen LogP contribution in [0.3, 0.4) is 0 Å². The lowest BCUT2D eigenvalue weighted by Crippen LogP contribution is -2.31. The fourth-order valence-corrected chi connectivity index (χ4v) is 2.94. The van der Waals surface area contributed by atoms with Gasteiger partial charge < -0.3 is 10.2 Å². The Morgan fingerprint density at radius 1 is 1.40 bits per heavy atom. The lowest BCUT2D eigenvalue weighted by Gasteiger charge is -2.33. The Kier molecular flexibility index (Phi) is 5.03. The van der Waals surface area contributed by atoms with E-state index in [0.717, 1.165) is 30.1 Å². The summed E-state index contributed by atoms with van der Waals surface area (Å²) in [5.74, 6) is 0.707. The van der Waals surface area contributed by atoms with E-state index in [9.17, 15) is 4.39 Å². The molecule has 0 radical (unpaired) electrons. The van der Waals surface area contributed by atoms with Gasteiger partial charge in [0, 0.05) is 25.3 Å². The first kappa shape index (κ1) is 15.3. The van der Waals surface area contributed by atoms with E-state index in [1.54, 1.807) is 6.07 Å². The molecule has 1 N–H and O–H groups in total. The number of anilines is 1. The number of aryl methyl sites for hydroxylation is 1. The SMILES string of the molecule is CCNC(C)c1cc(F)c(C)cc1N(C)CC1CCC1. The van der Waals surface area contributed by atoms with E-state index in [1.165, 1.54) is 24.9 Å². The topological polar surface area (TPSA) is 15.3 Å². The van der Waals surface area contributed by atoms with Crippen molar-refractivity contribution >= 4 is 5.69 Å². The van der Waals surface area contributed by atoms with Crippen LogP contribution in [0.1, 0.15) is 50.3 Å². The number of nitrogens with one attached hydrogen (secondary N) is 1. The van der Waals surface area contributed by atoms with Crippen LogP contribution in [0.4, 0.5) is 10.1 Å². The van der Waals surface area contributed by atoms with Gasteiger partial charge in [0.05, 0.1) is 0 Å². The van der Waals surface area contributed by atoms with E-state index in [-0.39, 0.29) is 11.9 Å². The van der Waals surface area contributed by atoms with E-state index in [2.05, 4.69) is 31.1 Å². The first-order valence-corrected chi connectivity index (χ1v) is 7.77. The van der Waals surface area contributed by atoms with E-state index in [1.807, 2.05) is 13.0 Å². The van der Waals surface area contributed by atoms with E-state index < -0.39 is 0 Å². The summed E-state index contributed by atoms with van der Waals surface area (Å²) in [5, 5.41) is 3.39. The van der Waals surface area contributed by atoms with Crippen molar-refractivity contribution in [1.29, 1.82) is 0 Å². The molecule has 1 aromatic carbocycles. The van der Waals surface area contributed by atoms with Crippen LogP contribution < -0.4 is 10.2 Å². The summed E-state index contributed by atoms with van der Waals surface area (Å²) >= 11 is 0. The Hall–Kier alpha value is -1.09. The minimum absolute atomic E-state index is 0.106. The predicted octanol–water partition coefficient (Wildman–Crippen LogP) is 4.04. The third-order valence-electron chi connectivity index (χ3n) is 4.45. The molecule has 0 heterocycles. The molecule has 1 aliphatic rings. The van der Waals surface area contributed by atoms with Crippen molar-refractivity contribution in [3.63, 3.8) is 0 Å². The first-order chi connectivity index (χ1) is 9.52. The normalized spacial score (nSPS) is 16.9. The molecule has 1 atom stereocenters. The number of rotatable bonds is 6. The van der Waals surface area contributed by atoms with Gasteiger partial charge >= 0.3 is 0 Å². The van der Waals surface area contributed by atoms with Gasteiger partial charge in [-0.25, -0.2) is 4.39 Å². The summed E-state index contributed by atoms with van der Waals surface area (Å²) in [7, 11) is 2.13. The molecule has 1 aromatic rings. The molecular formula is C17H27FN2. The minimum Gasteiger partial charge on any atom is -0.374 e. The molecule has 0 aliphatic heterocycles. The molecule has 0 amide bonds. The quantitative estimate of drug-likeness (QED) is 0.845. The predicted molar refractivity (Wildman–Crippen MR) is 83.8 cm³/mol. The zero-order valence-electron chi connectivity index (χ0n) is 13.2. The molecule has 2 nitrogen and oxygen atoms in total. The Morgan fingerprint density at radius 3 is 2.65 bits per heavy atom.